The first-order chi connectivity index (χ1) is 11.7. The molecule has 0 amide bonds. The van der Waals surface area contributed by atoms with Crippen LogP contribution in [-0.2, 0) is 17.1 Å². The summed E-state index contributed by atoms with van der Waals surface area (Å²) in [7, 11) is -1.99. The third-order valence-corrected chi connectivity index (χ3v) is 7.29. The number of hydrogen-bond donors (Lipinski definition) is 0. The van der Waals surface area contributed by atoms with Crippen LogP contribution in [0.3, 0.4) is 0 Å². The maximum atomic E-state index is 13.0. The summed E-state index contributed by atoms with van der Waals surface area (Å²) in [6.45, 7) is 8.02. The molecule has 1 aliphatic heterocycles. The van der Waals surface area contributed by atoms with Crippen LogP contribution in [0, 0.1) is 20.8 Å². The van der Waals surface area contributed by atoms with Gasteiger partial charge in [0.05, 0.1) is 5.69 Å². The van der Waals surface area contributed by atoms with Crippen molar-refractivity contribution in [3.05, 3.63) is 40.2 Å². The summed E-state index contributed by atoms with van der Waals surface area (Å²) >= 11 is 6.17. The summed E-state index contributed by atoms with van der Waals surface area (Å²) in [6, 6.07) is 6.22. The van der Waals surface area contributed by atoms with E-state index in [0.717, 1.165) is 0 Å². The average molecular weight is 383 g/mol. The van der Waals surface area contributed by atoms with Crippen LogP contribution in [0.2, 0.25) is 5.15 Å². The molecule has 2 heterocycles. The predicted octanol–water partition coefficient (Wildman–Crippen LogP) is 2.51. The Morgan fingerprint density at radius 1 is 1.04 bits per heavy atom. The molecule has 1 aromatic heterocycles. The minimum atomic E-state index is -3.64. The fraction of sp³-hybridized carbons (Fsp3) is 0.471. The zero-order chi connectivity index (χ0) is 18.4. The molecule has 1 aliphatic rings. The smallest absolute Gasteiger partial charge is 0.248 e. The van der Waals surface area contributed by atoms with Crippen LogP contribution >= 0.6 is 11.6 Å². The predicted molar refractivity (Wildman–Crippen MR) is 99.8 cm³/mol. The molecule has 0 N–H and O–H groups in total. The number of aromatic nitrogens is 2. The van der Waals surface area contributed by atoms with Gasteiger partial charge in [-0.3, -0.25) is 4.68 Å². The Kier molecular flexibility index (Phi) is 4.83. The van der Waals surface area contributed by atoms with Gasteiger partial charge >= 0.3 is 0 Å². The number of anilines is 1. The Hall–Kier alpha value is -1.57. The molecule has 2 aromatic rings. The average Bonchev–Trinajstić information content (AvgIpc) is 2.80. The largest absolute Gasteiger partial charge is 0.368 e. The Morgan fingerprint density at radius 2 is 1.60 bits per heavy atom. The first-order valence-electron chi connectivity index (χ1n) is 8.24. The molecule has 0 unspecified atom stereocenters. The van der Waals surface area contributed by atoms with Crippen molar-refractivity contribution in [3.8, 4) is 0 Å². The van der Waals surface area contributed by atoms with Crippen LogP contribution < -0.4 is 4.90 Å². The van der Waals surface area contributed by atoms with Crippen molar-refractivity contribution in [1.82, 2.24) is 14.1 Å². The van der Waals surface area contributed by atoms with E-state index in [1.54, 1.807) is 14.0 Å². The first-order valence-corrected chi connectivity index (χ1v) is 10.1. The molecule has 8 heteroatoms. The second-order valence-electron chi connectivity index (χ2n) is 6.46. The number of sulfonamides is 1. The summed E-state index contributed by atoms with van der Waals surface area (Å²) in [5.74, 6) is 0. The normalized spacial score (nSPS) is 16.4. The fourth-order valence-electron chi connectivity index (χ4n) is 3.49. The van der Waals surface area contributed by atoms with Crippen LogP contribution in [0.25, 0.3) is 0 Å². The lowest BCUT2D eigenvalue weighted by Gasteiger charge is -2.36. The molecule has 3 rings (SSSR count). The van der Waals surface area contributed by atoms with Crippen molar-refractivity contribution < 1.29 is 8.42 Å². The van der Waals surface area contributed by atoms with E-state index in [-0.39, 0.29) is 10.0 Å². The van der Waals surface area contributed by atoms with Gasteiger partial charge in [-0.25, -0.2) is 8.42 Å². The molecule has 1 fully saturated rings. The van der Waals surface area contributed by atoms with Crippen LogP contribution in [-0.4, -0.2) is 48.7 Å². The van der Waals surface area contributed by atoms with Crippen molar-refractivity contribution in [3.63, 3.8) is 0 Å². The molecule has 25 heavy (non-hydrogen) atoms. The molecule has 0 bridgehead atoms. The highest BCUT2D eigenvalue weighted by Crippen LogP contribution is 2.30. The SMILES string of the molecule is Cc1cccc(C)c1N1CCN(S(=O)(=O)c2c(C)nn(C)c2Cl)CC1. The molecule has 0 radical (unpaired) electrons. The number of nitrogens with zero attached hydrogens (tertiary/aromatic N) is 4. The van der Waals surface area contributed by atoms with Gasteiger partial charge in [-0.2, -0.15) is 9.40 Å². The van der Waals surface area contributed by atoms with Crippen molar-refractivity contribution in [2.75, 3.05) is 31.1 Å². The minimum absolute atomic E-state index is 0.122. The second kappa shape index (κ2) is 6.63. The van der Waals surface area contributed by atoms with E-state index in [2.05, 4.69) is 36.0 Å². The zero-order valence-electron chi connectivity index (χ0n) is 15.0. The lowest BCUT2D eigenvalue weighted by Crippen LogP contribution is -2.49. The molecule has 0 saturated carbocycles. The van der Waals surface area contributed by atoms with Gasteiger partial charge in [0.15, 0.2) is 0 Å². The van der Waals surface area contributed by atoms with Crippen LogP contribution in [0.5, 0.6) is 0 Å². The fourth-order valence-corrected chi connectivity index (χ4v) is 5.62. The molecular weight excluding hydrogens is 360 g/mol. The van der Waals surface area contributed by atoms with Crippen molar-refractivity contribution >= 4 is 27.3 Å². The number of aryl methyl sites for hydroxylation is 4. The number of benzene rings is 1. The van der Waals surface area contributed by atoms with Gasteiger partial charge in [0.1, 0.15) is 10.0 Å². The van der Waals surface area contributed by atoms with Crippen LogP contribution in [0.4, 0.5) is 5.69 Å². The molecule has 1 aromatic carbocycles. The molecule has 1 saturated heterocycles. The number of rotatable bonds is 3. The maximum absolute atomic E-state index is 13.0. The molecule has 6 nitrogen and oxygen atoms in total. The lowest BCUT2D eigenvalue weighted by molar-refractivity contribution is 0.384. The van der Waals surface area contributed by atoms with E-state index in [9.17, 15) is 8.42 Å². The second-order valence-corrected chi connectivity index (χ2v) is 8.69. The van der Waals surface area contributed by atoms with Crippen LogP contribution in [0.1, 0.15) is 16.8 Å². The maximum Gasteiger partial charge on any atom is 0.248 e. The van der Waals surface area contributed by atoms with Gasteiger partial charge in [-0.1, -0.05) is 29.8 Å². The van der Waals surface area contributed by atoms with E-state index in [1.807, 2.05) is 6.07 Å². The zero-order valence-corrected chi connectivity index (χ0v) is 16.5. The van der Waals surface area contributed by atoms with Gasteiger partial charge in [-0.15, -0.1) is 0 Å². The van der Waals surface area contributed by atoms with Crippen molar-refractivity contribution in [2.24, 2.45) is 7.05 Å². The summed E-state index contributed by atoms with van der Waals surface area (Å²) in [5.41, 5.74) is 4.06. The summed E-state index contributed by atoms with van der Waals surface area (Å²) < 4.78 is 28.9. The van der Waals surface area contributed by atoms with Crippen molar-refractivity contribution in [1.29, 1.82) is 0 Å². The van der Waals surface area contributed by atoms with Gasteiger partial charge < -0.3 is 4.90 Å². The molecule has 136 valence electrons. The Bertz CT molecular complexity index is 879. The number of halogens is 1. The third kappa shape index (κ3) is 3.16. The Morgan fingerprint density at radius 3 is 2.08 bits per heavy atom. The standard InChI is InChI=1S/C17H23ClN4O2S/c1-12-6-5-7-13(2)15(12)21-8-10-22(11-9-21)25(23,24)16-14(3)19-20(4)17(16)18/h5-7H,8-11H2,1-4H3. The monoisotopic (exact) mass is 382 g/mol. The minimum Gasteiger partial charge on any atom is -0.368 e. The van der Waals surface area contributed by atoms with E-state index in [1.165, 1.54) is 25.8 Å². The quantitative estimate of drug-likeness (QED) is 0.818. The summed E-state index contributed by atoms with van der Waals surface area (Å²) in [5, 5.41) is 4.29. The van der Waals surface area contributed by atoms with E-state index in [4.69, 9.17) is 11.6 Å². The van der Waals surface area contributed by atoms with Gasteiger partial charge in [0, 0.05) is 38.9 Å². The molecular formula is C17H23ClN4O2S. The highest BCUT2D eigenvalue weighted by atomic mass is 35.5. The van der Waals surface area contributed by atoms with Gasteiger partial charge in [0.25, 0.3) is 0 Å². The van der Waals surface area contributed by atoms with Crippen LogP contribution in [0.15, 0.2) is 23.1 Å². The highest BCUT2D eigenvalue weighted by Gasteiger charge is 2.34. The first kappa shape index (κ1) is 18.2. The number of piperazine rings is 1. The summed E-state index contributed by atoms with van der Waals surface area (Å²) in [4.78, 5) is 2.38. The van der Waals surface area contributed by atoms with Gasteiger partial charge in [0.2, 0.25) is 10.0 Å². The highest BCUT2D eigenvalue weighted by molar-refractivity contribution is 7.89. The third-order valence-electron chi connectivity index (χ3n) is 4.69. The van der Waals surface area contributed by atoms with E-state index < -0.39 is 10.0 Å². The van der Waals surface area contributed by atoms with Gasteiger partial charge in [-0.05, 0) is 31.9 Å². The van der Waals surface area contributed by atoms with E-state index in [0.29, 0.717) is 31.9 Å². The topological polar surface area (TPSA) is 58.4 Å². The van der Waals surface area contributed by atoms with E-state index >= 15 is 0 Å². The molecule has 0 spiro atoms. The van der Waals surface area contributed by atoms with Crippen molar-refractivity contribution in [2.45, 2.75) is 25.7 Å². The Labute approximate surface area is 154 Å². The molecule has 0 aliphatic carbocycles. The molecule has 0 atom stereocenters. The Balaban J connectivity index is 1.82. The number of para-hydroxylation sites is 1. The lowest BCUT2D eigenvalue weighted by atomic mass is 10.1. The number of hydrogen-bond acceptors (Lipinski definition) is 4. The summed E-state index contributed by atoms with van der Waals surface area (Å²) in [6.07, 6.45) is 0.